The van der Waals surface area contributed by atoms with Gasteiger partial charge in [0.2, 0.25) is 10.0 Å². The number of rotatable bonds is 6. The third-order valence-electron chi connectivity index (χ3n) is 2.46. The first-order chi connectivity index (χ1) is 8.30. The number of anilines is 1. The van der Waals surface area contributed by atoms with Crippen LogP contribution >= 0.6 is 0 Å². The number of hydrogen-bond donors (Lipinski definition) is 2. The van der Waals surface area contributed by atoms with Crippen molar-refractivity contribution in [3.05, 3.63) is 29.3 Å². The van der Waals surface area contributed by atoms with Gasteiger partial charge in [0.25, 0.3) is 0 Å². The average Bonchev–Trinajstić information content (AvgIpc) is 2.22. The maximum absolute atomic E-state index is 11.7. The Morgan fingerprint density at radius 3 is 2.61 bits per heavy atom. The zero-order chi connectivity index (χ0) is 13.8. The Kier molecular flexibility index (Phi) is 4.72. The normalized spacial score (nSPS) is 11.2. The van der Waals surface area contributed by atoms with E-state index in [9.17, 15) is 13.2 Å². The quantitative estimate of drug-likeness (QED) is 0.827. The number of aryl methyl sites for hydroxylation is 2. The Labute approximate surface area is 107 Å². The monoisotopic (exact) mass is 271 g/mol. The van der Waals surface area contributed by atoms with E-state index in [0.29, 0.717) is 5.69 Å². The molecule has 0 saturated heterocycles. The Morgan fingerprint density at radius 1 is 1.33 bits per heavy atom. The van der Waals surface area contributed by atoms with Crippen molar-refractivity contribution in [3.8, 4) is 0 Å². The first-order valence-electron chi connectivity index (χ1n) is 5.60. The number of benzene rings is 1. The highest BCUT2D eigenvalue weighted by atomic mass is 32.2. The molecule has 0 bridgehead atoms. The predicted octanol–water partition coefficient (Wildman–Crippen LogP) is 1.91. The lowest BCUT2D eigenvalue weighted by atomic mass is 10.1. The summed E-state index contributed by atoms with van der Waals surface area (Å²) in [4.78, 5) is 10.3. The summed E-state index contributed by atoms with van der Waals surface area (Å²) < 4.78 is 26.0. The van der Waals surface area contributed by atoms with Gasteiger partial charge in [0, 0.05) is 6.42 Å². The number of aliphatic carboxylic acids is 1. The van der Waals surface area contributed by atoms with Gasteiger partial charge in [-0.25, -0.2) is 8.42 Å². The molecule has 0 unspecified atom stereocenters. The van der Waals surface area contributed by atoms with Gasteiger partial charge < -0.3 is 5.11 Å². The molecule has 0 saturated carbocycles. The molecule has 0 aliphatic rings. The third-order valence-corrected chi connectivity index (χ3v) is 3.82. The fourth-order valence-corrected chi connectivity index (χ4v) is 2.66. The highest BCUT2D eigenvalue weighted by Gasteiger charge is 2.12. The predicted molar refractivity (Wildman–Crippen MR) is 70.2 cm³/mol. The highest BCUT2D eigenvalue weighted by molar-refractivity contribution is 7.92. The first kappa shape index (κ1) is 14.5. The number of carboxylic acids is 1. The second-order valence-electron chi connectivity index (χ2n) is 4.24. The van der Waals surface area contributed by atoms with E-state index in [1.54, 1.807) is 6.07 Å². The van der Waals surface area contributed by atoms with Gasteiger partial charge in [-0.3, -0.25) is 9.52 Å². The number of carboxylic acid groups (broad SMARTS) is 1. The molecule has 1 aromatic rings. The van der Waals surface area contributed by atoms with Crippen LogP contribution < -0.4 is 4.72 Å². The number of nitrogens with one attached hydrogen (secondary N) is 1. The van der Waals surface area contributed by atoms with Crippen molar-refractivity contribution in [1.82, 2.24) is 0 Å². The average molecular weight is 271 g/mol. The summed E-state index contributed by atoms with van der Waals surface area (Å²) in [6.45, 7) is 3.69. The molecule has 0 amide bonds. The van der Waals surface area contributed by atoms with E-state index in [2.05, 4.69) is 4.72 Å². The molecule has 2 N–H and O–H groups in total. The topological polar surface area (TPSA) is 83.5 Å². The molecule has 0 spiro atoms. The smallest absolute Gasteiger partial charge is 0.303 e. The van der Waals surface area contributed by atoms with E-state index in [1.165, 1.54) is 0 Å². The molecule has 0 atom stereocenters. The van der Waals surface area contributed by atoms with Crippen LogP contribution in [-0.2, 0) is 14.8 Å². The van der Waals surface area contributed by atoms with Crippen molar-refractivity contribution in [1.29, 1.82) is 0 Å². The summed E-state index contributed by atoms with van der Waals surface area (Å²) in [6, 6.07) is 5.49. The Bertz CT molecular complexity index is 537. The largest absolute Gasteiger partial charge is 0.481 e. The lowest BCUT2D eigenvalue weighted by Gasteiger charge is -2.10. The van der Waals surface area contributed by atoms with Gasteiger partial charge in [0.15, 0.2) is 0 Å². The van der Waals surface area contributed by atoms with Crippen molar-refractivity contribution >= 4 is 21.7 Å². The fourth-order valence-electron chi connectivity index (χ4n) is 1.48. The molecule has 0 aromatic heterocycles. The first-order valence-corrected chi connectivity index (χ1v) is 7.25. The lowest BCUT2D eigenvalue weighted by Crippen LogP contribution is -2.18. The summed E-state index contributed by atoms with van der Waals surface area (Å²) in [5.74, 6) is -1.18. The lowest BCUT2D eigenvalue weighted by molar-refractivity contribution is -0.137. The Morgan fingerprint density at radius 2 is 2.00 bits per heavy atom. The Balaban J connectivity index is 2.70. The molecule has 0 aliphatic carbocycles. The van der Waals surface area contributed by atoms with Crippen molar-refractivity contribution in [2.75, 3.05) is 10.5 Å². The summed E-state index contributed by atoms with van der Waals surface area (Å²) in [5, 5.41) is 8.47. The molecule has 100 valence electrons. The molecular formula is C12H17NO4S. The summed E-state index contributed by atoms with van der Waals surface area (Å²) in [7, 11) is -3.48. The minimum atomic E-state index is -3.48. The number of sulfonamides is 1. The van der Waals surface area contributed by atoms with Crippen LogP contribution in [0.1, 0.15) is 24.0 Å². The van der Waals surface area contributed by atoms with Crippen LogP contribution in [0.5, 0.6) is 0 Å². The standard InChI is InChI=1S/C12H17NO4S/c1-9-5-6-10(2)11(8-9)13-18(16,17)7-3-4-12(14)15/h5-6,8,13H,3-4,7H2,1-2H3,(H,14,15). The summed E-state index contributed by atoms with van der Waals surface area (Å²) >= 11 is 0. The van der Waals surface area contributed by atoms with Crippen molar-refractivity contribution in [3.63, 3.8) is 0 Å². The molecule has 18 heavy (non-hydrogen) atoms. The molecule has 0 radical (unpaired) electrons. The molecule has 0 fully saturated rings. The van der Waals surface area contributed by atoms with Crippen LogP contribution in [0, 0.1) is 13.8 Å². The van der Waals surface area contributed by atoms with Gasteiger partial charge in [0.1, 0.15) is 0 Å². The van der Waals surface area contributed by atoms with E-state index in [1.807, 2.05) is 26.0 Å². The van der Waals surface area contributed by atoms with Gasteiger partial charge >= 0.3 is 5.97 Å². The molecule has 1 aromatic carbocycles. The van der Waals surface area contributed by atoms with E-state index >= 15 is 0 Å². The van der Waals surface area contributed by atoms with Crippen LogP contribution in [0.4, 0.5) is 5.69 Å². The summed E-state index contributed by atoms with van der Waals surface area (Å²) in [5.41, 5.74) is 2.34. The number of carbonyl (C=O) groups is 1. The summed E-state index contributed by atoms with van der Waals surface area (Å²) in [6.07, 6.45) is -0.0385. The van der Waals surface area contributed by atoms with Crippen molar-refractivity contribution in [2.24, 2.45) is 0 Å². The van der Waals surface area contributed by atoms with Gasteiger partial charge in [-0.2, -0.15) is 0 Å². The van der Waals surface area contributed by atoms with Crippen LogP contribution in [0.25, 0.3) is 0 Å². The molecular weight excluding hydrogens is 254 g/mol. The van der Waals surface area contributed by atoms with E-state index < -0.39 is 16.0 Å². The fraction of sp³-hybridized carbons (Fsp3) is 0.417. The molecule has 5 nitrogen and oxygen atoms in total. The molecule has 6 heteroatoms. The second-order valence-corrected chi connectivity index (χ2v) is 6.08. The van der Waals surface area contributed by atoms with Gasteiger partial charge in [-0.05, 0) is 37.5 Å². The minimum absolute atomic E-state index is 0.107. The van der Waals surface area contributed by atoms with Gasteiger partial charge in [-0.1, -0.05) is 12.1 Å². The SMILES string of the molecule is Cc1ccc(C)c(NS(=O)(=O)CCCC(=O)O)c1. The van der Waals surface area contributed by atoms with E-state index in [0.717, 1.165) is 11.1 Å². The number of hydrogen-bond acceptors (Lipinski definition) is 3. The van der Waals surface area contributed by atoms with Crippen LogP contribution in [0.3, 0.4) is 0 Å². The minimum Gasteiger partial charge on any atom is -0.481 e. The van der Waals surface area contributed by atoms with Crippen molar-refractivity contribution in [2.45, 2.75) is 26.7 Å². The zero-order valence-corrected chi connectivity index (χ0v) is 11.3. The van der Waals surface area contributed by atoms with E-state index in [-0.39, 0.29) is 18.6 Å². The van der Waals surface area contributed by atoms with Crippen LogP contribution in [0.15, 0.2) is 18.2 Å². The molecule has 0 heterocycles. The van der Waals surface area contributed by atoms with E-state index in [4.69, 9.17) is 5.11 Å². The second kappa shape index (κ2) is 5.86. The van der Waals surface area contributed by atoms with Crippen LogP contribution in [-0.4, -0.2) is 25.2 Å². The van der Waals surface area contributed by atoms with Crippen LogP contribution in [0.2, 0.25) is 0 Å². The molecule has 0 aliphatic heterocycles. The highest BCUT2D eigenvalue weighted by Crippen LogP contribution is 2.18. The maximum Gasteiger partial charge on any atom is 0.303 e. The zero-order valence-electron chi connectivity index (χ0n) is 10.4. The molecule has 1 rings (SSSR count). The van der Waals surface area contributed by atoms with Gasteiger partial charge in [-0.15, -0.1) is 0 Å². The third kappa shape index (κ3) is 4.75. The maximum atomic E-state index is 11.7. The van der Waals surface area contributed by atoms with Crippen molar-refractivity contribution < 1.29 is 18.3 Å². The Hall–Kier alpha value is -1.56. The van der Waals surface area contributed by atoms with Gasteiger partial charge in [0.05, 0.1) is 11.4 Å².